The number of alkyl halides is 3. The Hall–Kier alpha value is -2.10. The van der Waals surface area contributed by atoms with Gasteiger partial charge in [-0.25, -0.2) is 13.6 Å². The van der Waals surface area contributed by atoms with Crippen molar-refractivity contribution in [2.75, 3.05) is 0 Å². The van der Waals surface area contributed by atoms with E-state index in [1.807, 2.05) is 0 Å². The Morgan fingerprint density at radius 1 is 1.17 bits per heavy atom. The van der Waals surface area contributed by atoms with Gasteiger partial charge in [-0.15, -0.1) is 0 Å². The van der Waals surface area contributed by atoms with Crippen molar-refractivity contribution in [1.82, 2.24) is 4.57 Å². The molecule has 2 aromatic carbocycles. The minimum absolute atomic E-state index is 0.00582. The van der Waals surface area contributed by atoms with Crippen LogP contribution in [0.15, 0.2) is 50.5 Å². The number of fused-ring (bicyclic) bond motifs is 1. The molecule has 0 aliphatic carbocycles. The highest BCUT2D eigenvalue weighted by molar-refractivity contribution is 7.79. The molecule has 0 radical (unpaired) electrons. The fourth-order valence-corrected chi connectivity index (χ4v) is 2.86. The van der Waals surface area contributed by atoms with Crippen molar-refractivity contribution in [1.29, 1.82) is 0 Å². The number of aromatic nitrogens is 1. The number of hydrogen-bond donors (Lipinski definition) is 1. The van der Waals surface area contributed by atoms with Crippen LogP contribution in [0.25, 0.3) is 16.8 Å². The van der Waals surface area contributed by atoms with Crippen LogP contribution in [0.5, 0.6) is 0 Å². The van der Waals surface area contributed by atoms with Crippen molar-refractivity contribution >= 4 is 33.8 Å². The zero-order chi connectivity index (χ0) is 17.6. The summed E-state index contributed by atoms with van der Waals surface area (Å²) in [6.45, 7) is 0. The van der Waals surface area contributed by atoms with Gasteiger partial charge in [0.1, 0.15) is 0 Å². The summed E-state index contributed by atoms with van der Waals surface area (Å²) in [5.41, 5.74) is -0.729. The van der Waals surface area contributed by atoms with E-state index in [-0.39, 0.29) is 26.7 Å². The lowest BCUT2D eigenvalue weighted by atomic mass is 10.2. The number of benzene rings is 2. The van der Waals surface area contributed by atoms with Crippen molar-refractivity contribution < 1.29 is 26.4 Å². The Balaban J connectivity index is 2.22. The normalized spacial score (nSPS) is 13.4. The molecule has 0 spiro atoms. The van der Waals surface area contributed by atoms with E-state index in [4.69, 9.17) is 20.6 Å². The monoisotopic (exact) mass is 377 g/mol. The van der Waals surface area contributed by atoms with Crippen LogP contribution in [0.1, 0.15) is 5.56 Å². The Kier molecular flexibility index (Phi) is 4.02. The van der Waals surface area contributed by atoms with Crippen LogP contribution < -0.4 is 5.76 Å². The number of halogens is 4. The van der Waals surface area contributed by atoms with Crippen molar-refractivity contribution in [3.05, 3.63) is 57.5 Å². The smallest absolute Gasteiger partial charge is 0.407 e. The van der Waals surface area contributed by atoms with Gasteiger partial charge in [0.15, 0.2) is 16.7 Å². The Morgan fingerprint density at radius 2 is 1.88 bits per heavy atom. The molecule has 1 N–H and O–H groups in total. The fraction of sp³-hybridized carbons (Fsp3) is 0.0714. The largest absolute Gasteiger partial charge is 0.424 e. The molecule has 1 unspecified atom stereocenters. The molecular formula is C14H7ClF3NO4S. The molecule has 1 atom stereocenters. The van der Waals surface area contributed by atoms with Crippen LogP contribution in [-0.4, -0.2) is 13.3 Å². The first kappa shape index (κ1) is 16.7. The third kappa shape index (κ3) is 2.85. The third-order valence-electron chi connectivity index (χ3n) is 3.27. The van der Waals surface area contributed by atoms with Gasteiger partial charge in [0.05, 0.1) is 26.7 Å². The van der Waals surface area contributed by atoms with E-state index in [9.17, 15) is 22.2 Å². The minimum Gasteiger partial charge on any atom is -0.407 e. The molecule has 0 saturated carbocycles. The molecule has 1 aromatic heterocycles. The summed E-state index contributed by atoms with van der Waals surface area (Å²) in [7, 11) is 0. The SMILES string of the molecule is O=c1oc2cc(S(=O)O)ccc2n1-c1ccc(C(F)(F)F)cc1Cl. The van der Waals surface area contributed by atoms with Crippen molar-refractivity contribution in [3.63, 3.8) is 0 Å². The molecule has 1 heterocycles. The van der Waals surface area contributed by atoms with E-state index in [1.54, 1.807) is 0 Å². The predicted octanol–water partition coefficient (Wildman–Crippen LogP) is 3.84. The number of rotatable bonds is 2. The van der Waals surface area contributed by atoms with Crippen LogP contribution in [-0.2, 0) is 17.3 Å². The molecule has 0 amide bonds. The summed E-state index contributed by atoms with van der Waals surface area (Å²) < 4.78 is 64.1. The molecule has 0 fully saturated rings. The lowest BCUT2D eigenvalue weighted by Gasteiger charge is -2.10. The summed E-state index contributed by atoms with van der Waals surface area (Å²) in [5, 5.41) is -0.288. The molecule has 3 aromatic rings. The minimum atomic E-state index is -4.56. The van der Waals surface area contributed by atoms with Crippen LogP contribution in [0.2, 0.25) is 5.02 Å². The Labute approximate surface area is 139 Å². The highest BCUT2D eigenvalue weighted by Gasteiger charge is 2.31. The topological polar surface area (TPSA) is 72.4 Å². The average Bonchev–Trinajstić information content (AvgIpc) is 2.81. The third-order valence-corrected chi connectivity index (χ3v) is 4.23. The molecule has 0 saturated heterocycles. The lowest BCUT2D eigenvalue weighted by molar-refractivity contribution is -0.137. The van der Waals surface area contributed by atoms with Crippen LogP contribution in [0.4, 0.5) is 13.2 Å². The first-order valence-corrected chi connectivity index (χ1v) is 7.80. The van der Waals surface area contributed by atoms with E-state index in [1.165, 1.54) is 18.2 Å². The van der Waals surface area contributed by atoms with E-state index in [0.717, 1.165) is 16.7 Å². The van der Waals surface area contributed by atoms with Crippen molar-refractivity contribution in [2.24, 2.45) is 0 Å². The van der Waals surface area contributed by atoms with Gasteiger partial charge in [0.2, 0.25) is 0 Å². The van der Waals surface area contributed by atoms with Gasteiger partial charge >= 0.3 is 11.9 Å². The molecule has 0 aliphatic rings. The fourth-order valence-electron chi connectivity index (χ4n) is 2.20. The summed E-state index contributed by atoms with van der Waals surface area (Å²) in [6.07, 6.45) is -4.56. The maximum absolute atomic E-state index is 12.7. The quantitative estimate of drug-likeness (QED) is 0.689. The summed E-state index contributed by atoms with van der Waals surface area (Å²) >= 11 is 3.62. The zero-order valence-corrected chi connectivity index (χ0v) is 13.1. The molecule has 126 valence electrons. The number of oxazole rings is 1. The molecule has 0 bridgehead atoms. The van der Waals surface area contributed by atoms with Gasteiger partial charge in [-0.05, 0) is 30.3 Å². The van der Waals surface area contributed by atoms with E-state index >= 15 is 0 Å². The van der Waals surface area contributed by atoms with Crippen molar-refractivity contribution in [3.8, 4) is 5.69 Å². The second-order valence-electron chi connectivity index (χ2n) is 4.75. The Bertz CT molecular complexity index is 1030. The van der Waals surface area contributed by atoms with E-state index in [0.29, 0.717) is 6.07 Å². The van der Waals surface area contributed by atoms with Crippen molar-refractivity contribution in [2.45, 2.75) is 11.1 Å². The first-order valence-electron chi connectivity index (χ1n) is 6.32. The van der Waals surface area contributed by atoms with Gasteiger partial charge in [-0.3, -0.25) is 0 Å². The van der Waals surface area contributed by atoms with E-state index < -0.39 is 28.6 Å². The molecular weight excluding hydrogens is 371 g/mol. The summed E-state index contributed by atoms with van der Waals surface area (Å²) in [4.78, 5) is 12.0. The predicted molar refractivity (Wildman–Crippen MR) is 80.9 cm³/mol. The van der Waals surface area contributed by atoms with Crippen LogP contribution in [0.3, 0.4) is 0 Å². The number of nitrogens with zero attached hydrogens (tertiary/aromatic N) is 1. The molecule has 10 heteroatoms. The van der Waals surface area contributed by atoms with Gasteiger partial charge in [-0.2, -0.15) is 13.2 Å². The van der Waals surface area contributed by atoms with Crippen LogP contribution >= 0.6 is 11.6 Å². The molecule has 24 heavy (non-hydrogen) atoms. The maximum atomic E-state index is 12.7. The highest BCUT2D eigenvalue weighted by Crippen LogP contribution is 2.33. The van der Waals surface area contributed by atoms with Gasteiger partial charge in [0, 0.05) is 6.07 Å². The van der Waals surface area contributed by atoms with Gasteiger partial charge in [0.25, 0.3) is 0 Å². The second kappa shape index (κ2) is 5.76. The lowest BCUT2D eigenvalue weighted by Crippen LogP contribution is -2.13. The van der Waals surface area contributed by atoms with Gasteiger partial charge in [-0.1, -0.05) is 11.6 Å². The van der Waals surface area contributed by atoms with Crippen LogP contribution in [0, 0.1) is 0 Å². The molecule has 0 aliphatic heterocycles. The summed E-state index contributed by atoms with van der Waals surface area (Å²) in [6, 6.07) is 6.39. The highest BCUT2D eigenvalue weighted by atomic mass is 35.5. The summed E-state index contributed by atoms with van der Waals surface area (Å²) in [5.74, 6) is -0.882. The van der Waals surface area contributed by atoms with Gasteiger partial charge < -0.3 is 8.97 Å². The second-order valence-corrected chi connectivity index (χ2v) is 6.12. The maximum Gasteiger partial charge on any atom is 0.424 e. The van der Waals surface area contributed by atoms with E-state index in [2.05, 4.69) is 0 Å². The first-order chi connectivity index (χ1) is 11.2. The zero-order valence-electron chi connectivity index (χ0n) is 11.5. The molecule has 5 nitrogen and oxygen atoms in total. The number of hydrogen-bond acceptors (Lipinski definition) is 3. The average molecular weight is 378 g/mol. The standard InChI is InChI=1S/C14H7ClF3NO4S/c15-9-5-7(14(16,17)18)1-3-10(9)19-11-4-2-8(24(21)22)6-12(11)23-13(19)20/h1-6H,(H,21,22). The Morgan fingerprint density at radius 3 is 2.46 bits per heavy atom. The molecule has 3 rings (SSSR count).